The quantitative estimate of drug-likeness (QED) is 0.549. The zero-order chi connectivity index (χ0) is 14.5. The molecule has 0 amide bonds. The molecule has 0 aliphatic heterocycles. The van der Waals surface area contributed by atoms with Gasteiger partial charge in [-0.3, -0.25) is 4.79 Å². The summed E-state index contributed by atoms with van der Waals surface area (Å²) in [6, 6.07) is 4.73. The van der Waals surface area contributed by atoms with Crippen LogP contribution in [0.4, 0.5) is 17.6 Å². The fourth-order valence-electron chi connectivity index (χ4n) is 1.39. The first-order valence-electron chi connectivity index (χ1n) is 5.85. The fraction of sp³-hybridized carbons (Fsp3) is 0.462. The van der Waals surface area contributed by atoms with Crippen LogP contribution in [-0.4, -0.2) is 18.3 Å². The van der Waals surface area contributed by atoms with E-state index in [1.165, 1.54) is 12.1 Å². The zero-order valence-corrected chi connectivity index (χ0v) is 10.3. The van der Waals surface area contributed by atoms with Crippen LogP contribution in [0.1, 0.15) is 36.5 Å². The molecule has 0 fully saturated rings. The summed E-state index contributed by atoms with van der Waals surface area (Å²) < 4.78 is 53.0. The molecule has 0 atom stereocenters. The highest BCUT2D eigenvalue weighted by molar-refractivity contribution is 5.96. The van der Waals surface area contributed by atoms with Crippen LogP contribution >= 0.6 is 0 Å². The lowest BCUT2D eigenvalue weighted by Gasteiger charge is -2.16. The molecule has 0 radical (unpaired) electrons. The Morgan fingerprint density at radius 1 is 1.26 bits per heavy atom. The molecule has 6 heteroatoms. The summed E-state index contributed by atoms with van der Waals surface area (Å²) in [6.07, 6.45) is -6.47. The molecule has 0 N–H and O–H groups in total. The van der Waals surface area contributed by atoms with Crippen LogP contribution in [0.3, 0.4) is 0 Å². The van der Waals surface area contributed by atoms with Crippen molar-refractivity contribution in [1.29, 1.82) is 0 Å². The summed E-state index contributed by atoms with van der Waals surface area (Å²) in [4.78, 5) is 11.6. The molecule has 0 saturated carbocycles. The van der Waals surface area contributed by atoms with Crippen molar-refractivity contribution < 1.29 is 27.1 Å². The average molecular weight is 278 g/mol. The Bertz CT molecular complexity index is 415. The standard InChI is InChI=1S/C13H14F4O2/c1-2-3-4-11(18)9-5-7-10(8-6-9)19-13(16,17)12(14)15/h5-8,12H,2-4H2,1H3. The van der Waals surface area contributed by atoms with Crippen LogP contribution in [0.25, 0.3) is 0 Å². The van der Waals surface area contributed by atoms with Gasteiger partial charge in [0.2, 0.25) is 0 Å². The number of hydrogen-bond donors (Lipinski definition) is 0. The van der Waals surface area contributed by atoms with E-state index in [2.05, 4.69) is 4.74 Å². The van der Waals surface area contributed by atoms with Crippen molar-refractivity contribution in [3.8, 4) is 5.75 Å². The number of ether oxygens (including phenoxy) is 1. The van der Waals surface area contributed by atoms with Crippen LogP contribution in [0.2, 0.25) is 0 Å². The molecule has 1 rings (SSSR count). The third-order valence-corrected chi connectivity index (χ3v) is 2.44. The summed E-state index contributed by atoms with van der Waals surface area (Å²) in [5, 5.41) is 0. The average Bonchev–Trinajstić information content (AvgIpc) is 2.36. The first kappa shape index (κ1) is 15.5. The smallest absolute Gasteiger partial charge is 0.428 e. The Morgan fingerprint density at radius 3 is 2.32 bits per heavy atom. The fourth-order valence-corrected chi connectivity index (χ4v) is 1.39. The van der Waals surface area contributed by atoms with Crippen LogP contribution in [0.15, 0.2) is 24.3 Å². The van der Waals surface area contributed by atoms with Gasteiger partial charge in [0.25, 0.3) is 0 Å². The van der Waals surface area contributed by atoms with Gasteiger partial charge in [-0.1, -0.05) is 13.3 Å². The van der Waals surface area contributed by atoms with E-state index in [1.54, 1.807) is 0 Å². The number of ketones is 1. The number of benzene rings is 1. The second-order valence-corrected chi connectivity index (χ2v) is 4.02. The maximum atomic E-state index is 12.6. The lowest BCUT2D eigenvalue weighted by Crippen LogP contribution is -2.33. The zero-order valence-electron chi connectivity index (χ0n) is 10.3. The van der Waals surface area contributed by atoms with Crippen LogP contribution < -0.4 is 4.74 Å². The van der Waals surface area contributed by atoms with Crippen molar-refractivity contribution >= 4 is 5.78 Å². The van der Waals surface area contributed by atoms with Crippen molar-refractivity contribution in [2.75, 3.05) is 0 Å². The van der Waals surface area contributed by atoms with E-state index >= 15 is 0 Å². The Labute approximate surface area is 108 Å². The van der Waals surface area contributed by atoms with E-state index < -0.39 is 18.3 Å². The van der Waals surface area contributed by atoms with Crippen LogP contribution in [0.5, 0.6) is 5.75 Å². The third-order valence-electron chi connectivity index (χ3n) is 2.44. The van der Waals surface area contributed by atoms with Crippen molar-refractivity contribution in [2.45, 2.75) is 38.7 Å². The minimum atomic E-state index is -4.53. The van der Waals surface area contributed by atoms with Gasteiger partial charge in [-0.15, -0.1) is 0 Å². The highest BCUT2D eigenvalue weighted by Crippen LogP contribution is 2.27. The molecule has 0 spiro atoms. The number of hydrogen-bond acceptors (Lipinski definition) is 2. The molecule has 0 aliphatic carbocycles. The number of carbonyl (C=O) groups excluding carboxylic acids is 1. The predicted octanol–water partition coefficient (Wildman–Crippen LogP) is 4.30. The van der Waals surface area contributed by atoms with E-state index in [-0.39, 0.29) is 5.78 Å². The molecule has 0 unspecified atom stereocenters. The van der Waals surface area contributed by atoms with Gasteiger partial charge in [0.15, 0.2) is 5.78 Å². The number of rotatable bonds is 7. The molecule has 0 aromatic heterocycles. The lowest BCUT2D eigenvalue weighted by atomic mass is 10.1. The van der Waals surface area contributed by atoms with Gasteiger partial charge >= 0.3 is 12.5 Å². The predicted molar refractivity (Wildman–Crippen MR) is 61.9 cm³/mol. The SMILES string of the molecule is CCCCC(=O)c1ccc(OC(F)(F)C(F)F)cc1. The molecule has 0 aliphatic rings. The Hall–Kier alpha value is -1.59. The molecular formula is C13H14F4O2. The highest BCUT2D eigenvalue weighted by atomic mass is 19.3. The minimum absolute atomic E-state index is 0.117. The molecular weight excluding hydrogens is 264 g/mol. The molecule has 1 aromatic carbocycles. The van der Waals surface area contributed by atoms with E-state index in [9.17, 15) is 22.4 Å². The monoisotopic (exact) mass is 278 g/mol. The molecule has 0 saturated heterocycles. The summed E-state index contributed by atoms with van der Waals surface area (Å²) in [5.41, 5.74) is 0.348. The molecule has 0 bridgehead atoms. The molecule has 106 valence electrons. The lowest BCUT2D eigenvalue weighted by molar-refractivity contribution is -0.253. The summed E-state index contributed by atoms with van der Waals surface area (Å²) >= 11 is 0. The summed E-state index contributed by atoms with van der Waals surface area (Å²) in [6.45, 7) is 1.94. The normalized spacial score (nSPS) is 11.7. The minimum Gasteiger partial charge on any atom is -0.428 e. The first-order chi connectivity index (χ1) is 8.86. The van der Waals surface area contributed by atoms with E-state index in [0.29, 0.717) is 12.0 Å². The molecule has 1 aromatic rings. The number of Topliss-reactive ketones (excluding diaryl/α,β-unsaturated/α-hetero) is 1. The maximum Gasteiger partial charge on any atom is 0.461 e. The van der Waals surface area contributed by atoms with Gasteiger partial charge in [-0.25, -0.2) is 0 Å². The Kier molecular flexibility index (Phi) is 5.32. The van der Waals surface area contributed by atoms with Gasteiger partial charge in [0.05, 0.1) is 0 Å². The highest BCUT2D eigenvalue weighted by Gasteiger charge is 2.43. The third kappa shape index (κ3) is 4.54. The van der Waals surface area contributed by atoms with Crippen LogP contribution in [-0.2, 0) is 0 Å². The largest absolute Gasteiger partial charge is 0.461 e. The number of halogens is 4. The van der Waals surface area contributed by atoms with Gasteiger partial charge in [0, 0.05) is 12.0 Å². The summed E-state index contributed by atoms with van der Waals surface area (Å²) in [5.74, 6) is -0.522. The molecule has 0 heterocycles. The summed E-state index contributed by atoms with van der Waals surface area (Å²) in [7, 11) is 0. The Morgan fingerprint density at radius 2 is 1.84 bits per heavy atom. The van der Waals surface area contributed by atoms with E-state index in [0.717, 1.165) is 25.0 Å². The van der Waals surface area contributed by atoms with E-state index in [1.807, 2.05) is 6.92 Å². The number of alkyl halides is 4. The van der Waals surface area contributed by atoms with Gasteiger partial charge in [-0.2, -0.15) is 17.6 Å². The van der Waals surface area contributed by atoms with Crippen LogP contribution in [0, 0.1) is 0 Å². The molecule has 2 nitrogen and oxygen atoms in total. The maximum absolute atomic E-state index is 12.6. The van der Waals surface area contributed by atoms with Gasteiger partial charge in [-0.05, 0) is 30.7 Å². The van der Waals surface area contributed by atoms with Crippen molar-refractivity contribution in [2.24, 2.45) is 0 Å². The van der Waals surface area contributed by atoms with Crippen molar-refractivity contribution in [3.05, 3.63) is 29.8 Å². The number of carbonyl (C=O) groups is 1. The first-order valence-corrected chi connectivity index (χ1v) is 5.85. The topological polar surface area (TPSA) is 26.3 Å². The van der Waals surface area contributed by atoms with E-state index in [4.69, 9.17) is 0 Å². The van der Waals surface area contributed by atoms with Crippen molar-refractivity contribution in [1.82, 2.24) is 0 Å². The van der Waals surface area contributed by atoms with Gasteiger partial charge < -0.3 is 4.74 Å². The second-order valence-electron chi connectivity index (χ2n) is 4.02. The van der Waals surface area contributed by atoms with Crippen molar-refractivity contribution in [3.63, 3.8) is 0 Å². The van der Waals surface area contributed by atoms with Gasteiger partial charge in [0.1, 0.15) is 5.75 Å². The molecule has 19 heavy (non-hydrogen) atoms. The number of unbranched alkanes of at least 4 members (excludes halogenated alkanes) is 1. The Balaban J connectivity index is 2.69. The second kappa shape index (κ2) is 6.54.